The highest BCUT2D eigenvalue weighted by Gasteiger charge is 2.22. The third-order valence-electron chi connectivity index (χ3n) is 4.39. The number of nitrogens with one attached hydrogen (secondary N) is 1. The highest BCUT2D eigenvalue weighted by atomic mass is 16.5. The fourth-order valence-corrected chi connectivity index (χ4v) is 3.31. The molecular weight excluding hydrogens is 246 g/mol. The largest absolute Gasteiger partial charge is 0.494 e. The van der Waals surface area contributed by atoms with Crippen LogP contribution in [-0.4, -0.2) is 13.7 Å². The molecule has 1 saturated carbocycles. The van der Waals surface area contributed by atoms with Crippen molar-refractivity contribution >= 4 is 0 Å². The molecule has 1 aromatic rings. The van der Waals surface area contributed by atoms with Crippen LogP contribution in [0, 0.1) is 5.92 Å². The number of ether oxygens (including phenoxy) is 1. The zero-order chi connectivity index (χ0) is 14.2. The Kier molecular flexibility index (Phi) is 6.38. The van der Waals surface area contributed by atoms with Crippen molar-refractivity contribution < 1.29 is 4.74 Å². The molecule has 0 amide bonds. The van der Waals surface area contributed by atoms with Crippen molar-refractivity contribution in [3.05, 3.63) is 29.8 Å². The maximum Gasteiger partial charge on any atom is 0.119 e. The summed E-state index contributed by atoms with van der Waals surface area (Å²) in [6, 6.07) is 9.19. The van der Waals surface area contributed by atoms with Crippen LogP contribution in [0.5, 0.6) is 5.75 Å². The maximum absolute atomic E-state index is 5.67. The number of hydrogen-bond acceptors (Lipinski definition) is 2. The Labute approximate surface area is 123 Å². The zero-order valence-electron chi connectivity index (χ0n) is 13.0. The summed E-state index contributed by atoms with van der Waals surface area (Å²) in [5, 5.41) is 3.54. The molecule has 2 rings (SSSR count). The second-order valence-electron chi connectivity index (χ2n) is 5.94. The topological polar surface area (TPSA) is 21.3 Å². The maximum atomic E-state index is 5.67. The van der Waals surface area contributed by atoms with Crippen LogP contribution in [0.3, 0.4) is 0 Å². The molecule has 20 heavy (non-hydrogen) atoms. The molecule has 1 aliphatic carbocycles. The molecule has 0 aliphatic heterocycles. The predicted molar refractivity (Wildman–Crippen MR) is 85.2 cm³/mol. The molecule has 1 unspecified atom stereocenters. The van der Waals surface area contributed by atoms with E-state index in [0.717, 1.165) is 24.7 Å². The quantitative estimate of drug-likeness (QED) is 0.759. The number of hydrogen-bond donors (Lipinski definition) is 1. The molecule has 0 aromatic heterocycles. The first-order valence-electron chi connectivity index (χ1n) is 8.25. The molecule has 2 heteroatoms. The minimum Gasteiger partial charge on any atom is -0.494 e. The third-order valence-corrected chi connectivity index (χ3v) is 4.39. The fourth-order valence-electron chi connectivity index (χ4n) is 3.31. The first-order valence-corrected chi connectivity index (χ1v) is 8.25. The van der Waals surface area contributed by atoms with E-state index in [4.69, 9.17) is 4.74 Å². The summed E-state index contributed by atoms with van der Waals surface area (Å²) in [5.41, 5.74) is 1.41. The van der Waals surface area contributed by atoms with Crippen molar-refractivity contribution in [2.24, 2.45) is 5.92 Å². The highest BCUT2D eigenvalue weighted by Crippen LogP contribution is 2.33. The van der Waals surface area contributed by atoms with Gasteiger partial charge in [0, 0.05) is 6.04 Å². The van der Waals surface area contributed by atoms with Gasteiger partial charge < -0.3 is 10.1 Å². The molecule has 0 radical (unpaired) electrons. The molecule has 1 aromatic carbocycles. The molecule has 1 fully saturated rings. The molecule has 112 valence electrons. The number of benzene rings is 1. The predicted octanol–water partition coefficient (Wildman–Crippen LogP) is 4.71. The monoisotopic (exact) mass is 275 g/mol. The fraction of sp³-hybridized carbons (Fsp3) is 0.667. The molecule has 0 heterocycles. The lowest BCUT2D eigenvalue weighted by atomic mass is 9.87. The van der Waals surface area contributed by atoms with Gasteiger partial charge in [-0.1, -0.05) is 44.7 Å². The van der Waals surface area contributed by atoms with Crippen molar-refractivity contribution in [3.63, 3.8) is 0 Å². The van der Waals surface area contributed by atoms with Gasteiger partial charge in [0.1, 0.15) is 5.75 Å². The van der Waals surface area contributed by atoms with E-state index in [9.17, 15) is 0 Å². The van der Waals surface area contributed by atoms with Crippen LogP contribution in [0.15, 0.2) is 24.3 Å². The van der Waals surface area contributed by atoms with Crippen molar-refractivity contribution in [2.45, 2.75) is 57.9 Å². The molecular formula is C18H29NO. The Bertz CT molecular complexity index is 366. The lowest BCUT2D eigenvalue weighted by Gasteiger charge is -2.26. The Hall–Kier alpha value is -1.02. The van der Waals surface area contributed by atoms with Gasteiger partial charge >= 0.3 is 0 Å². The molecule has 0 bridgehead atoms. The van der Waals surface area contributed by atoms with Crippen molar-refractivity contribution in [3.8, 4) is 5.75 Å². The van der Waals surface area contributed by atoms with Gasteiger partial charge in [0.2, 0.25) is 0 Å². The Morgan fingerprint density at radius 3 is 2.30 bits per heavy atom. The van der Waals surface area contributed by atoms with E-state index in [1.807, 2.05) is 0 Å². The van der Waals surface area contributed by atoms with Crippen LogP contribution >= 0.6 is 0 Å². The van der Waals surface area contributed by atoms with Crippen LogP contribution in [0.25, 0.3) is 0 Å². The van der Waals surface area contributed by atoms with Gasteiger partial charge in [-0.15, -0.1) is 0 Å². The van der Waals surface area contributed by atoms with Crippen LogP contribution in [0.1, 0.15) is 63.5 Å². The van der Waals surface area contributed by atoms with Gasteiger partial charge in [-0.3, -0.25) is 0 Å². The molecule has 1 aliphatic rings. The lowest BCUT2D eigenvalue weighted by molar-refractivity contribution is 0.316. The van der Waals surface area contributed by atoms with E-state index in [-0.39, 0.29) is 0 Å². The Morgan fingerprint density at radius 1 is 1.10 bits per heavy atom. The van der Waals surface area contributed by atoms with Gasteiger partial charge in [-0.2, -0.15) is 0 Å². The Balaban J connectivity index is 2.02. The summed E-state index contributed by atoms with van der Waals surface area (Å²) in [4.78, 5) is 0. The molecule has 1 N–H and O–H groups in total. The summed E-state index contributed by atoms with van der Waals surface area (Å²) in [6.07, 6.45) is 9.39. The van der Waals surface area contributed by atoms with Gasteiger partial charge in [-0.25, -0.2) is 0 Å². The van der Waals surface area contributed by atoms with E-state index >= 15 is 0 Å². The average Bonchev–Trinajstić information content (AvgIpc) is 2.76. The van der Waals surface area contributed by atoms with E-state index < -0.39 is 0 Å². The molecule has 2 nitrogen and oxygen atoms in total. The van der Waals surface area contributed by atoms with Gasteiger partial charge in [0.15, 0.2) is 0 Å². The van der Waals surface area contributed by atoms with Crippen molar-refractivity contribution in [1.82, 2.24) is 5.32 Å². The van der Waals surface area contributed by atoms with E-state index in [1.165, 1.54) is 44.1 Å². The van der Waals surface area contributed by atoms with E-state index in [1.54, 1.807) is 0 Å². The smallest absolute Gasteiger partial charge is 0.119 e. The van der Waals surface area contributed by atoms with E-state index in [0.29, 0.717) is 6.04 Å². The Morgan fingerprint density at radius 2 is 1.75 bits per heavy atom. The molecule has 1 atom stereocenters. The van der Waals surface area contributed by atoms with Crippen molar-refractivity contribution in [2.75, 3.05) is 13.7 Å². The second kappa shape index (κ2) is 8.31. The number of rotatable bonds is 6. The summed E-state index contributed by atoms with van der Waals surface area (Å²) in [5.74, 6) is 1.77. The first kappa shape index (κ1) is 15.4. The normalized spacial score (nSPS) is 18.5. The van der Waals surface area contributed by atoms with Crippen LogP contribution in [0.4, 0.5) is 0 Å². The summed E-state index contributed by atoms with van der Waals surface area (Å²) in [7, 11) is 2.09. The van der Waals surface area contributed by atoms with Crippen LogP contribution in [0.2, 0.25) is 0 Å². The minimum atomic E-state index is 0.494. The molecule has 0 spiro atoms. The average molecular weight is 275 g/mol. The SMILES string of the molecule is CCCOc1ccc(C(NC)C2CCCCCC2)cc1. The standard InChI is InChI=1S/C18H29NO/c1-3-14-20-17-12-10-16(11-13-17)18(19-2)15-8-6-4-5-7-9-15/h10-13,15,18-19H,3-9,14H2,1-2H3. The zero-order valence-corrected chi connectivity index (χ0v) is 13.0. The van der Waals surface area contributed by atoms with Gasteiger partial charge in [-0.05, 0) is 49.9 Å². The molecule has 0 saturated heterocycles. The van der Waals surface area contributed by atoms with Crippen molar-refractivity contribution in [1.29, 1.82) is 0 Å². The summed E-state index contributed by atoms with van der Waals surface area (Å²) < 4.78 is 5.67. The van der Waals surface area contributed by atoms with E-state index in [2.05, 4.69) is 43.6 Å². The van der Waals surface area contributed by atoms with Gasteiger partial charge in [0.25, 0.3) is 0 Å². The third kappa shape index (κ3) is 4.24. The first-order chi connectivity index (χ1) is 9.85. The summed E-state index contributed by atoms with van der Waals surface area (Å²) >= 11 is 0. The second-order valence-corrected chi connectivity index (χ2v) is 5.94. The van der Waals surface area contributed by atoms with Crippen LogP contribution < -0.4 is 10.1 Å². The summed E-state index contributed by atoms with van der Waals surface area (Å²) in [6.45, 7) is 2.94. The highest BCUT2D eigenvalue weighted by molar-refractivity contribution is 5.29. The minimum absolute atomic E-state index is 0.494. The van der Waals surface area contributed by atoms with Crippen LogP contribution in [-0.2, 0) is 0 Å². The van der Waals surface area contributed by atoms with Gasteiger partial charge in [0.05, 0.1) is 6.61 Å². The lowest BCUT2D eigenvalue weighted by Crippen LogP contribution is -2.25.